The van der Waals surface area contributed by atoms with Gasteiger partial charge in [0.1, 0.15) is 18.1 Å². The number of dihydropyridines is 1. The van der Waals surface area contributed by atoms with Crippen molar-refractivity contribution >= 4 is 0 Å². The predicted molar refractivity (Wildman–Crippen MR) is 97.6 cm³/mol. The molecule has 0 bridgehead atoms. The van der Waals surface area contributed by atoms with Gasteiger partial charge in [-0.15, -0.1) is 0 Å². The lowest BCUT2D eigenvalue weighted by atomic mass is 10.0. The van der Waals surface area contributed by atoms with E-state index in [1.807, 2.05) is 44.3 Å². The van der Waals surface area contributed by atoms with Gasteiger partial charge in [-0.2, -0.15) is 0 Å². The fourth-order valence-electron chi connectivity index (χ4n) is 2.84. The van der Waals surface area contributed by atoms with Gasteiger partial charge in [-0.1, -0.05) is 31.2 Å². The number of aromatic nitrogens is 2. The molecular weight excluding hydrogens is 314 g/mol. The Labute approximate surface area is 148 Å². The Bertz CT molecular complexity index is 773. The maximum atomic E-state index is 5.98. The molecule has 1 aliphatic heterocycles. The molecule has 0 amide bonds. The maximum Gasteiger partial charge on any atom is 0.187 e. The number of rotatable bonds is 6. The molecule has 5 nitrogen and oxygen atoms in total. The van der Waals surface area contributed by atoms with Crippen LogP contribution in [0, 0.1) is 19.8 Å². The number of ether oxygens (including phenoxy) is 1. The smallest absolute Gasteiger partial charge is 0.187 e. The highest BCUT2D eigenvalue weighted by Gasteiger charge is 2.18. The molecule has 1 N–H and O–H groups in total. The molecule has 0 spiro atoms. The summed E-state index contributed by atoms with van der Waals surface area (Å²) in [6, 6.07) is 4.28. The summed E-state index contributed by atoms with van der Waals surface area (Å²) < 4.78 is 11.4. The van der Waals surface area contributed by atoms with E-state index in [1.165, 1.54) is 0 Å². The number of nitrogens with zero attached hydrogens (tertiary/aromatic N) is 2. The van der Waals surface area contributed by atoms with Crippen molar-refractivity contribution < 1.29 is 9.26 Å². The van der Waals surface area contributed by atoms with Crippen molar-refractivity contribution in [1.29, 1.82) is 0 Å². The second-order valence-corrected chi connectivity index (χ2v) is 6.84. The summed E-state index contributed by atoms with van der Waals surface area (Å²) in [5.41, 5.74) is 3.64. The lowest BCUT2D eigenvalue weighted by Crippen LogP contribution is -2.30. The van der Waals surface area contributed by atoms with Crippen molar-refractivity contribution in [1.82, 2.24) is 15.5 Å². The summed E-state index contributed by atoms with van der Waals surface area (Å²) in [6.07, 6.45) is 9.05. The Hall–Kier alpha value is -2.56. The van der Waals surface area contributed by atoms with E-state index in [-0.39, 0.29) is 0 Å². The first-order valence-corrected chi connectivity index (χ1v) is 8.69. The van der Waals surface area contributed by atoms with Gasteiger partial charge in [0.2, 0.25) is 0 Å². The third kappa shape index (κ3) is 4.29. The summed E-state index contributed by atoms with van der Waals surface area (Å²) in [6.45, 7) is 8.71. The average Bonchev–Trinajstić information content (AvgIpc) is 2.94. The van der Waals surface area contributed by atoms with Crippen LogP contribution in [-0.4, -0.2) is 16.2 Å². The van der Waals surface area contributed by atoms with Crippen molar-refractivity contribution in [3.8, 4) is 11.3 Å². The van der Waals surface area contributed by atoms with Crippen molar-refractivity contribution in [2.45, 2.75) is 46.8 Å². The van der Waals surface area contributed by atoms with E-state index in [1.54, 1.807) is 0 Å². The highest BCUT2D eigenvalue weighted by Crippen LogP contribution is 2.26. The standard InChI is InChI=1S/C20H25N3O2/c1-13(2)10-17-6-5-7-19(22-17)24-12-18-15(4)25-23-20(18)16-9-8-14(3)21-11-16/h5-9,11,13,17,22H,10,12H2,1-4H3. The molecule has 25 heavy (non-hydrogen) atoms. The third-order valence-corrected chi connectivity index (χ3v) is 4.19. The molecule has 1 atom stereocenters. The number of hydrogen-bond donors (Lipinski definition) is 1. The molecule has 1 unspecified atom stereocenters. The first-order valence-electron chi connectivity index (χ1n) is 8.69. The first-order chi connectivity index (χ1) is 12.0. The van der Waals surface area contributed by atoms with Crippen LogP contribution < -0.4 is 5.32 Å². The van der Waals surface area contributed by atoms with Crippen LogP contribution in [0.4, 0.5) is 0 Å². The lowest BCUT2D eigenvalue weighted by Gasteiger charge is -2.23. The summed E-state index contributed by atoms with van der Waals surface area (Å²) in [7, 11) is 0. The van der Waals surface area contributed by atoms with Crippen LogP contribution in [0.2, 0.25) is 0 Å². The molecule has 0 radical (unpaired) electrons. The van der Waals surface area contributed by atoms with Gasteiger partial charge in [0.25, 0.3) is 0 Å². The first kappa shape index (κ1) is 17.3. The Morgan fingerprint density at radius 1 is 1.28 bits per heavy atom. The van der Waals surface area contributed by atoms with E-state index in [0.29, 0.717) is 18.6 Å². The van der Waals surface area contributed by atoms with Crippen LogP contribution >= 0.6 is 0 Å². The molecule has 1 aliphatic rings. The van der Waals surface area contributed by atoms with Gasteiger partial charge < -0.3 is 14.6 Å². The minimum Gasteiger partial charge on any atom is -0.474 e. The van der Waals surface area contributed by atoms with Gasteiger partial charge in [0.15, 0.2) is 5.88 Å². The molecule has 3 rings (SSSR count). The van der Waals surface area contributed by atoms with Crippen LogP contribution in [-0.2, 0) is 11.3 Å². The molecule has 2 aromatic heterocycles. The molecule has 0 saturated heterocycles. The van der Waals surface area contributed by atoms with Crippen LogP contribution in [0.5, 0.6) is 0 Å². The molecule has 3 heterocycles. The molecule has 5 heteroatoms. The monoisotopic (exact) mass is 339 g/mol. The molecule has 0 fully saturated rings. The van der Waals surface area contributed by atoms with Gasteiger partial charge >= 0.3 is 0 Å². The average molecular weight is 339 g/mol. The summed E-state index contributed by atoms with van der Waals surface area (Å²) in [5.74, 6) is 2.17. The normalized spacial score (nSPS) is 16.7. The van der Waals surface area contributed by atoms with Gasteiger partial charge in [0.05, 0.1) is 5.56 Å². The zero-order valence-corrected chi connectivity index (χ0v) is 15.2. The fourth-order valence-corrected chi connectivity index (χ4v) is 2.84. The Morgan fingerprint density at radius 3 is 2.84 bits per heavy atom. The molecule has 0 aliphatic carbocycles. The molecule has 132 valence electrons. The van der Waals surface area contributed by atoms with E-state index in [4.69, 9.17) is 9.26 Å². The quantitative estimate of drug-likeness (QED) is 0.851. The summed E-state index contributed by atoms with van der Waals surface area (Å²) >= 11 is 0. The summed E-state index contributed by atoms with van der Waals surface area (Å²) in [5, 5.41) is 7.61. The van der Waals surface area contributed by atoms with Crippen LogP contribution in [0.1, 0.15) is 37.3 Å². The summed E-state index contributed by atoms with van der Waals surface area (Å²) in [4.78, 5) is 4.34. The molecule has 0 saturated carbocycles. The van der Waals surface area contributed by atoms with Crippen molar-refractivity contribution in [2.24, 2.45) is 5.92 Å². The third-order valence-electron chi connectivity index (χ3n) is 4.19. The largest absolute Gasteiger partial charge is 0.474 e. The van der Waals surface area contributed by atoms with E-state index < -0.39 is 0 Å². The van der Waals surface area contributed by atoms with E-state index in [9.17, 15) is 0 Å². The van der Waals surface area contributed by atoms with E-state index >= 15 is 0 Å². The number of allylic oxidation sites excluding steroid dienone is 2. The predicted octanol–water partition coefficient (Wildman–Crippen LogP) is 4.29. The minimum atomic E-state index is 0.310. The van der Waals surface area contributed by atoms with Crippen LogP contribution in [0.15, 0.2) is 47.0 Å². The fraction of sp³-hybridized carbons (Fsp3) is 0.400. The number of pyridine rings is 1. The van der Waals surface area contributed by atoms with Crippen molar-refractivity contribution in [2.75, 3.05) is 0 Å². The Morgan fingerprint density at radius 2 is 2.12 bits per heavy atom. The molecule has 2 aromatic rings. The molecule has 0 aromatic carbocycles. The van der Waals surface area contributed by atoms with Crippen LogP contribution in [0.3, 0.4) is 0 Å². The maximum absolute atomic E-state index is 5.98. The number of nitrogens with one attached hydrogen (secondary N) is 1. The zero-order valence-electron chi connectivity index (χ0n) is 15.2. The Balaban J connectivity index is 1.70. The van der Waals surface area contributed by atoms with Gasteiger partial charge in [-0.3, -0.25) is 4.98 Å². The van der Waals surface area contributed by atoms with Crippen LogP contribution in [0.25, 0.3) is 11.3 Å². The van der Waals surface area contributed by atoms with E-state index in [0.717, 1.165) is 40.6 Å². The van der Waals surface area contributed by atoms with E-state index in [2.05, 4.69) is 35.4 Å². The van der Waals surface area contributed by atoms with Crippen molar-refractivity contribution in [3.05, 3.63) is 59.5 Å². The highest BCUT2D eigenvalue weighted by molar-refractivity contribution is 5.62. The van der Waals surface area contributed by atoms with Gasteiger partial charge in [-0.25, -0.2) is 0 Å². The topological polar surface area (TPSA) is 60.2 Å². The zero-order chi connectivity index (χ0) is 17.8. The molecular formula is C20H25N3O2. The lowest BCUT2D eigenvalue weighted by molar-refractivity contribution is 0.169. The van der Waals surface area contributed by atoms with Gasteiger partial charge in [-0.05, 0) is 44.4 Å². The van der Waals surface area contributed by atoms with Gasteiger partial charge in [0, 0.05) is 23.5 Å². The van der Waals surface area contributed by atoms with Crippen molar-refractivity contribution in [3.63, 3.8) is 0 Å². The minimum absolute atomic E-state index is 0.310. The highest BCUT2D eigenvalue weighted by atomic mass is 16.5. The number of hydrogen-bond acceptors (Lipinski definition) is 5. The number of aryl methyl sites for hydroxylation is 2. The Kier molecular flexibility index (Phi) is 5.22. The second kappa shape index (κ2) is 7.55. The second-order valence-electron chi connectivity index (χ2n) is 6.84. The SMILES string of the molecule is Cc1ccc(-c2noc(C)c2COC2=CC=CC(CC(C)C)N2)cn1.